The molecule has 0 heterocycles. The van der Waals surface area contributed by atoms with Crippen molar-refractivity contribution in [3.8, 4) is 11.5 Å². The minimum absolute atomic E-state index is 0.0698. The van der Waals surface area contributed by atoms with Crippen molar-refractivity contribution in [2.75, 3.05) is 18.5 Å². The van der Waals surface area contributed by atoms with Gasteiger partial charge in [0, 0.05) is 10.2 Å². The minimum atomic E-state index is -0.211. The first-order valence-electron chi connectivity index (χ1n) is 7.00. The van der Waals surface area contributed by atoms with Crippen LogP contribution in [0.15, 0.2) is 46.9 Å². The Balaban J connectivity index is 1.95. The molecule has 0 radical (unpaired) electrons. The average Bonchev–Trinajstić information content (AvgIpc) is 2.49. The molecule has 22 heavy (non-hydrogen) atoms. The number of rotatable bonds is 6. The van der Waals surface area contributed by atoms with Crippen molar-refractivity contribution < 1.29 is 14.3 Å². The fraction of sp³-hybridized carbons (Fsp3) is 0.235. The predicted molar refractivity (Wildman–Crippen MR) is 90.6 cm³/mol. The van der Waals surface area contributed by atoms with Crippen LogP contribution in [-0.4, -0.2) is 19.1 Å². The molecule has 116 valence electrons. The molecule has 0 aliphatic rings. The fourth-order valence-corrected chi connectivity index (χ4v) is 2.42. The number of nitrogens with one attached hydrogen (secondary N) is 1. The zero-order valence-corrected chi connectivity index (χ0v) is 14.1. The van der Waals surface area contributed by atoms with Crippen LogP contribution >= 0.6 is 15.9 Å². The number of benzene rings is 2. The standard InChI is InChI=1S/C17H18BrNO3/c1-3-21-15-6-4-5-7-16(15)22-11-17(20)19-14-9-8-13(18)10-12(14)2/h4-10H,3,11H2,1-2H3,(H,19,20). The van der Waals surface area contributed by atoms with Gasteiger partial charge in [-0.1, -0.05) is 28.1 Å². The largest absolute Gasteiger partial charge is 0.490 e. The zero-order valence-electron chi connectivity index (χ0n) is 12.6. The quantitative estimate of drug-likeness (QED) is 0.837. The second-order valence-corrected chi connectivity index (χ2v) is 5.59. The summed E-state index contributed by atoms with van der Waals surface area (Å²) >= 11 is 3.40. The van der Waals surface area contributed by atoms with E-state index in [-0.39, 0.29) is 12.5 Å². The van der Waals surface area contributed by atoms with Gasteiger partial charge in [-0.05, 0) is 49.7 Å². The van der Waals surface area contributed by atoms with Crippen LogP contribution in [0.2, 0.25) is 0 Å². The van der Waals surface area contributed by atoms with Gasteiger partial charge in [0.1, 0.15) is 0 Å². The Kier molecular flexibility index (Phi) is 5.83. The number of hydrogen-bond acceptors (Lipinski definition) is 3. The molecule has 1 amide bonds. The number of amides is 1. The molecule has 0 saturated carbocycles. The molecule has 5 heteroatoms. The lowest BCUT2D eigenvalue weighted by Crippen LogP contribution is -2.20. The summed E-state index contributed by atoms with van der Waals surface area (Å²) in [4.78, 5) is 12.0. The smallest absolute Gasteiger partial charge is 0.262 e. The van der Waals surface area contributed by atoms with Crippen LogP contribution in [0, 0.1) is 6.92 Å². The van der Waals surface area contributed by atoms with Gasteiger partial charge in [0.2, 0.25) is 0 Å². The summed E-state index contributed by atoms with van der Waals surface area (Å²) < 4.78 is 12.0. The number of hydrogen-bond donors (Lipinski definition) is 1. The first-order valence-corrected chi connectivity index (χ1v) is 7.80. The van der Waals surface area contributed by atoms with Crippen LogP contribution in [-0.2, 0) is 4.79 Å². The first-order chi connectivity index (χ1) is 10.6. The molecular formula is C17H18BrNO3. The SMILES string of the molecule is CCOc1ccccc1OCC(=O)Nc1ccc(Br)cc1C. The van der Waals surface area contributed by atoms with Crippen molar-refractivity contribution in [1.82, 2.24) is 0 Å². The molecular weight excluding hydrogens is 346 g/mol. The van der Waals surface area contributed by atoms with E-state index < -0.39 is 0 Å². The molecule has 2 aromatic carbocycles. The Hall–Kier alpha value is -2.01. The summed E-state index contributed by atoms with van der Waals surface area (Å²) in [5.74, 6) is 0.987. The minimum Gasteiger partial charge on any atom is -0.490 e. The topological polar surface area (TPSA) is 47.6 Å². The molecule has 2 rings (SSSR count). The zero-order chi connectivity index (χ0) is 15.9. The summed E-state index contributed by atoms with van der Waals surface area (Å²) in [5.41, 5.74) is 1.76. The van der Waals surface area contributed by atoms with Gasteiger partial charge in [-0.15, -0.1) is 0 Å². The lowest BCUT2D eigenvalue weighted by molar-refractivity contribution is -0.118. The maximum Gasteiger partial charge on any atom is 0.262 e. The second-order valence-electron chi connectivity index (χ2n) is 4.68. The highest BCUT2D eigenvalue weighted by molar-refractivity contribution is 9.10. The van der Waals surface area contributed by atoms with Crippen molar-refractivity contribution in [2.45, 2.75) is 13.8 Å². The third-order valence-corrected chi connectivity index (χ3v) is 3.46. The second kappa shape index (κ2) is 7.84. The fourth-order valence-electron chi connectivity index (χ4n) is 1.94. The molecule has 0 fully saturated rings. The Morgan fingerprint density at radius 3 is 2.45 bits per heavy atom. The number of aryl methyl sites for hydroxylation is 1. The first kappa shape index (κ1) is 16.4. The molecule has 2 aromatic rings. The van der Waals surface area contributed by atoms with E-state index in [1.54, 1.807) is 6.07 Å². The van der Waals surface area contributed by atoms with Crippen LogP contribution in [0.4, 0.5) is 5.69 Å². The lowest BCUT2D eigenvalue weighted by Gasteiger charge is -2.12. The highest BCUT2D eigenvalue weighted by Crippen LogP contribution is 2.26. The van der Waals surface area contributed by atoms with E-state index in [1.165, 1.54) is 0 Å². The molecule has 0 aromatic heterocycles. The number of carbonyl (C=O) groups is 1. The van der Waals surface area contributed by atoms with Gasteiger partial charge in [0.25, 0.3) is 5.91 Å². The van der Waals surface area contributed by atoms with Gasteiger partial charge < -0.3 is 14.8 Å². The van der Waals surface area contributed by atoms with E-state index in [9.17, 15) is 4.79 Å². The van der Waals surface area contributed by atoms with E-state index in [2.05, 4.69) is 21.2 Å². The Morgan fingerprint density at radius 1 is 1.14 bits per heavy atom. The number of carbonyl (C=O) groups excluding carboxylic acids is 1. The Labute approximate surface area is 138 Å². The molecule has 0 bridgehead atoms. The summed E-state index contributed by atoms with van der Waals surface area (Å²) in [6.07, 6.45) is 0. The molecule has 0 unspecified atom stereocenters. The van der Waals surface area contributed by atoms with Crippen molar-refractivity contribution in [1.29, 1.82) is 0 Å². The average molecular weight is 364 g/mol. The third kappa shape index (κ3) is 4.49. The van der Waals surface area contributed by atoms with Crippen LogP contribution < -0.4 is 14.8 Å². The van der Waals surface area contributed by atoms with Gasteiger partial charge in [-0.3, -0.25) is 4.79 Å². The van der Waals surface area contributed by atoms with Crippen LogP contribution in [0.1, 0.15) is 12.5 Å². The van der Waals surface area contributed by atoms with Crippen molar-refractivity contribution in [3.05, 3.63) is 52.5 Å². The lowest BCUT2D eigenvalue weighted by atomic mass is 10.2. The van der Waals surface area contributed by atoms with Crippen molar-refractivity contribution >= 4 is 27.5 Å². The molecule has 0 aliphatic carbocycles. The van der Waals surface area contributed by atoms with Crippen LogP contribution in [0.25, 0.3) is 0 Å². The van der Waals surface area contributed by atoms with Crippen molar-refractivity contribution in [2.24, 2.45) is 0 Å². The van der Waals surface area contributed by atoms with Gasteiger partial charge >= 0.3 is 0 Å². The summed E-state index contributed by atoms with van der Waals surface area (Å²) in [6, 6.07) is 13.0. The normalized spacial score (nSPS) is 10.1. The number of halogens is 1. The van der Waals surface area contributed by atoms with E-state index in [1.807, 2.05) is 50.2 Å². The molecule has 0 spiro atoms. The number of anilines is 1. The van der Waals surface area contributed by atoms with Gasteiger partial charge in [0.15, 0.2) is 18.1 Å². The van der Waals surface area contributed by atoms with E-state index >= 15 is 0 Å². The highest BCUT2D eigenvalue weighted by Gasteiger charge is 2.09. The maximum absolute atomic E-state index is 12.0. The van der Waals surface area contributed by atoms with Gasteiger partial charge in [0.05, 0.1) is 6.61 Å². The van der Waals surface area contributed by atoms with E-state index in [4.69, 9.17) is 9.47 Å². The van der Waals surface area contributed by atoms with E-state index in [0.29, 0.717) is 18.1 Å². The third-order valence-electron chi connectivity index (χ3n) is 2.97. The van der Waals surface area contributed by atoms with Crippen LogP contribution in [0.3, 0.4) is 0 Å². The van der Waals surface area contributed by atoms with Crippen molar-refractivity contribution in [3.63, 3.8) is 0 Å². The highest BCUT2D eigenvalue weighted by atomic mass is 79.9. The monoisotopic (exact) mass is 363 g/mol. The van der Waals surface area contributed by atoms with Crippen LogP contribution in [0.5, 0.6) is 11.5 Å². The summed E-state index contributed by atoms with van der Waals surface area (Å²) in [6.45, 7) is 4.32. The predicted octanol–water partition coefficient (Wildman–Crippen LogP) is 4.17. The van der Waals surface area contributed by atoms with Gasteiger partial charge in [-0.2, -0.15) is 0 Å². The Bertz CT molecular complexity index is 658. The molecule has 0 aliphatic heterocycles. The molecule has 0 saturated heterocycles. The molecule has 0 atom stereocenters. The van der Waals surface area contributed by atoms with E-state index in [0.717, 1.165) is 15.7 Å². The summed E-state index contributed by atoms with van der Waals surface area (Å²) in [7, 11) is 0. The Morgan fingerprint density at radius 2 is 1.82 bits per heavy atom. The summed E-state index contributed by atoms with van der Waals surface area (Å²) in [5, 5.41) is 2.83. The maximum atomic E-state index is 12.0. The molecule has 1 N–H and O–H groups in total. The van der Waals surface area contributed by atoms with Gasteiger partial charge in [-0.25, -0.2) is 0 Å². The number of ether oxygens (including phenoxy) is 2. The number of para-hydroxylation sites is 2. The molecule has 4 nitrogen and oxygen atoms in total.